The van der Waals surface area contributed by atoms with E-state index in [1.165, 1.54) is 0 Å². The molecule has 0 fully saturated rings. The number of anilines is 1. The number of amides is 1. The van der Waals surface area contributed by atoms with E-state index in [1.807, 2.05) is 47.5 Å². The van der Waals surface area contributed by atoms with Gasteiger partial charge >= 0.3 is 5.72 Å². The Hall–Kier alpha value is -3.12. The van der Waals surface area contributed by atoms with Gasteiger partial charge in [-0.25, -0.2) is 5.01 Å². The number of carbonyl (C=O) groups excluding carboxylic acids is 1. The van der Waals surface area contributed by atoms with Crippen LogP contribution in [0.2, 0.25) is 0 Å². The molecular formula is C25H20BrN3O2. The van der Waals surface area contributed by atoms with Crippen LogP contribution >= 0.6 is 15.9 Å². The van der Waals surface area contributed by atoms with Crippen molar-refractivity contribution in [3.8, 4) is 5.75 Å². The van der Waals surface area contributed by atoms with Crippen molar-refractivity contribution in [1.29, 1.82) is 0 Å². The molecule has 0 aromatic heterocycles. The molecule has 3 aliphatic rings. The summed E-state index contributed by atoms with van der Waals surface area (Å²) in [6, 6.07) is 22.1. The van der Waals surface area contributed by atoms with Crippen molar-refractivity contribution in [3.63, 3.8) is 0 Å². The summed E-state index contributed by atoms with van der Waals surface area (Å²) < 4.78 is 7.53. The molecule has 6 rings (SSSR count). The van der Waals surface area contributed by atoms with Crippen LogP contribution in [-0.4, -0.2) is 16.6 Å². The highest BCUT2D eigenvalue weighted by Gasteiger charge is 2.60. The minimum absolute atomic E-state index is 0.0987. The first-order chi connectivity index (χ1) is 15.1. The molecule has 0 saturated heterocycles. The summed E-state index contributed by atoms with van der Waals surface area (Å²) in [7, 11) is 0. The molecule has 5 nitrogen and oxygen atoms in total. The number of hydrogen-bond acceptors (Lipinski definition) is 4. The van der Waals surface area contributed by atoms with E-state index in [4.69, 9.17) is 9.84 Å². The number of halogens is 1. The second kappa shape index (κ2) is 6.69. The summed E-state index contributed by atoms with van der Waals surface area (Å²) in [5.41, 5.74) is 4.49. The molecule has 1 N–H and O–H groups in total. The molecule has 3 aromatic carbocycles. The Morgan fingerprint density at radius 2 is 2.00 bits per heavy atom. The first-order valence-corrected chi connectivity index (χ1v) is 11.2. The third-order valence-corrected chi connectivity index (χ3v) is 6.84. The highest BCUT2D eigenvalue weighted by molar-refractivity contribution is 9.10. The number of fused-ring (bicyclic) bond motifs is 6. The van der Waals surface area contributed by atoms with Crippen molar-refractivity contribution in [1.82, 2.24) is 5.01 Å². The first kappa shape index (κ1) is 18.6. The zero-order valence-electron chi connectivity index (χ0n) is 16.9. The molecule has 0 saturated carbocycles. The predicted molar refractivity (Wildman–Crippen MR) is 123 cm³/mol. The maximum absolute atomic E-state index is 13.5. The molecule has 1 amide bonds. The smallest absolute Gasteiger partial charge is 0.306 e. The molecule has 1 spiro atoms. The lowest BCUT2D eigenvalue weighted by Crippen LogP contribution is -2.55. The average molecular weight is 474 g/mol. The highest BCUT2D eigenvalue weighted by atomic mass is 79.9. The molecule has 0 radical (unpaired) electrons. The third-order valence-electron chi connectivity index (χ3n) is 6.34. The van der Waals surface area contributed by atoms with Gasteiger partial charge in [-0.15, -0.1) is 0 Å². The quantitative estimate of drug-likeness (QED) is 0.544. The molecule has 3 heterocycles. The number of benzene rings is 3. The van der Waals surface area contributed by atoms with Gasteiger partial charge < -0.3 is 10.1 Å². The lowest BCUT2D eigenvalue weighted by Gasteiger charge is -2.44. The Morgan fingerprint density at radius 3 is 2.81 bits per heavy atom. The van der Waals surface area contributed by atoms with E-state index in [0.29, 0.717) is 6.42 Å². The normalized spacial score (nSPS) is 23.0. The molecule has 31 heavy (non-hydrogen) atoms. The Balaban J connectivity index is 1.59. The van der Waals surface area contributed by atoms with Crippen LogP contribution < -0.4 is 10.1 Å². The number of rotatable bonds is 2. The number of hydrazone groups is 1. The predicted octanol–water partition coefficient (Wildman–Crippen LogP) is 5.36. The Morgan fingerprint density at radius 1 is 1.16 bits per heavy atom. The van der Waals surface area contributed by atoms with E-state index in [0.717, 1.165) is 50.3 Å². The summed E-state index contributed by atoms with van der Waals surface area (Å²) in [5.74, 6) is 0.520. The second-order valence-corrected chi connectivity index (χ2v) is 9.01. The van der Waals surface area contributed by atoms with Gasteiger partial charge in [0.15, 0.2) is 0 Å². The zero-order chi connectivity index (χ0) is 21.2. The minimum atomic E-state index is -1.32. The highest BCUT2D eigenvalue weighted by Crippen LogP contribution is 2.54. The van der Waals surface area contributed by atoms with Gasteiger partial charge in [-0.2, -0.15) is 5.10 Å². The van der Waals surface area contributed by atoms with Gasteiger partial charge in [0.05, 0.1) is 23.0 Å². The molecule has 6 heteroatoms. The van der Waals surface area contributed by atoms with Crippen LogP contribution in [0.15, 0.2) is 76.3 Å². The monoisotopic (exact) mass is 473 g/mol. The Labute approximate surface area is 188 Å². The van der Waals surface area contributed by atoms with Crippen molar-refractivity contribution in [2.45, 2.75) is 31.5 Å². The van der Waals surface area contributed by atoms with Gasteiger partial charge in [0.2, 0.25) is 0 Å². The molecule has 0 aliphatic carbocycles. The molecule has 0 bridgehead atoms. The van der Waals surface area contributed by atoms with E-state index < -0.39 is 5.72 Å². The minimum Gasteiger partial charge on any atom is -0.453 e. The summed E-state index contributed by atoms with van der Waals surface area (Å²) >= 11 is 3.59. The van der Waals surface area contributed by atoms with Crippen LogP contribution in [0, 0.1) is 0 Å². The van der Waals surface area contributed by atoms with Crippen molar-refractivity contribution in [2.75, 3.05) is 5.32 Å². The van der Waals surface area contributed by atoms with Crippen LogP contribution in [0.4, 0.5) is 5.69 Å². The third kappa shape index (κ3) is 2.61. The molecular weight excluding hydrogens is 454 g/mol. The second-order valence-electron chi connectivity index (χ2n) is 8.09. The number of ether oxygens (including phenoxy) is 1. The van der Waals surface area contributed by atoms with Crippen LogP contribution in [0.3, 0.4) is 0 Å². The fourth-order valence-corrected chi connectivity index (χ4v) is 5.16. The van der Waals surface area contributed by atoms with Gasteiger partial charge in [-0.05, 0) is 47.9 Å². The zero-order valence-corrected chi connectivity index (χ0v) is 18.5. The van der Waals surface area contributed by atoms with Crippen LogP contribution in [0.1, 0.15) is 41.6 Å². The summed E-state index contributed by atoms with van der Waals surface area (Å²) in [6.45, 7) is 2.11. The molecule has 2 atom stereocenters. The number of nitrogens with zero attached hydrogens (tertiary/aromatic N) is 2. The van der Waals surface area contributed by atoms with Gasteiger partial charge in [0.25, 0.3) is 5.91 Å². The topological polar surface area (TPSA) is 53.9 Å². The fourth-order valence-electron chi connectivity index (χ4n) is 4.79. The van der Waals surface area contributed by atoms with E-state index in [9.17, 15) is 4.79 Å². The standard InChI is InChI=1S/C25H20BrN3O2/c1-2-15-8-10-20-19(12-15)25(24(30)27-20)29-22(18-13-17(26)9-11-23(18)31-25)14-21(28-29)16-6-4-3-5-7-16/h3-13,22H,2,14H2,1H3,(H,27,30)/t22-,25-/m0/s1. The van der Waals surface area contributed by atoms with E-state index in [-0.39, 0.29) is 11.9 Å². The van der Waals surface area contributed by atoms with Crippen molar-refractivity contribution < 1.29 is 9.53 Å². The average Bonchev–Trinajstić information content (AvgIpc) is 3.36. The molecule has 0 unspecified atom stereocenters. The maximum atomic E-state index is 13.5. The number of carbonyl (C=O) groups is 1. The summed E-state index contributed by atoms with van der Waals surface area (Å²) in [4.78, 5) is 13.5. The molecule has 3 aliphatic heterocycles. The van der Waals surface area contributed by atoms with E-state index in [1.54, 1.807) is 0 Å². The van der Waals surface area contributed by atoms with Gasteiger partial charge in [0, 0.05) is 16.5 Å². The van der Waals surface area contributed by atoms with Gasteiger partial charge in [-0.1, -0.05) is 59.3 Å². The van der Waals surface area contributed by atoms with Crippen LogP contribution in [0.25, 0.3) is 0 Å². The molecule has 154 valence electrons. The van der Waals surface area contributed by atoms with Crippen LogP contribution in [0.5, 0.6) is 5.75 Å². The Kier molecular flexibility index (Phi) is 4.02. The van der Waals surface area contributed by atoms with Crippen LogP contribution in [-0.2, 0) is 16.9 Å². The number of aryl methyl sites for hydroxylation is 1. The maximum Gasteiger partial charge on any atom is 0.306 e. The van der Waals surface area contributed by atoms with Crippen molar-refractivity contribution in [3.05, 3.63) is 93.5 Å². The fraction of sp³-hybridized carbons (Fsp3) is 0.200. The Bertz CT molecular complexity index is 1260. The molecule has 3 aromatic rings. The first-order valence-electron chi connectivity index (χ1n) is 10.5. The lowest BCUT2D eigenvalue weighted by atomic mass is 9.91. The largest absolute Gasteiger partial charge is 0.453 e. The van der Waals surface area contributed by atoms with E-state index in [2.05, 4.69) is 52.4 Å². The number of hydrogen-bond donors (Lipinski definition) is 1. The van der Waals surface area contributed by atoms with Gasteiger partial charge in [-0.3, -0.25) is 4.79 Å². The number of nitrogens with one attached hydrogen (secondary N) is 1. The van der Waals surface area contributed by atoms with Gasteiger partial charge in [0.1, 0.15) is 5.75 Å². The summed E-state index contributed by atoms with van der Waals surface area (Å²) in [5, 5.41) is 9.91. The SMILES string of the molecule is CCc1ccc2c(c1)[C@]1(Oc3ccc(Br)cc3[C@@H]3CC(c4ccccc4)=NN31)C(=O)N2. The summed E-state index contributed by atoms with van der Waals surface area (Å²) in [6.07, 6.45) is 1.58. The van der Waals surface area contributed by atoms with E-state index >= 15 is 0 Å². The van der Waals surface area contributed by atoms with Crippen molar-refractivity contribution in [2.24, 2.45) is 5.10 Å². The van der Waals surface area contributed by atoms with Crippen molar-refractivity contribution >= 4 is 33.2 Å². The lowest BCUT2D eigenvalue weighted by molar-refractivity contribution is -0.161.